The van der Waals surface area contributed by atoms with Crippen molar-refractivity contribution in [2.24, 2.45) is 17.8 Å². The molecule has 0 aliphatic heterocycles. The normalized spacial score (nSPS) is 36.4. The van der Waals surface area contributed by atoms with Crippen molar-refractivity contribution in [3.63, 3.8) is 0 Å². The van der Waals surface area contributed by atoms with E-state index in [9.17, 15) is 5.11 Å². The second-order valence-electron chi connectivity index (χ2n) is 7.01. The summed E-state index contributed by atoms with van der Waals surface area (Å²) in [7, 11) is 0. The molecule has 0 spiro atoms. The lowest BCUT2D eigenvalue weighted by molar-refractivity contribution is 0.000511. The highest BCUT2D eigenvalue weighted by molar-refractivity contribution is 4.87. The summed E-state index contributed by atoms with van der Waals surface area (Å²) < 4.78 is 0. The Kier molecular flexibility index (Phi) is 4.52. The summed E-state index contributed by atoms with van der Waals surface area (Å²) >= 11 is 0. The molecule has 0 aromatic carbocycles. The Morgan fingerprint density at radius 1 is 1.00 bits per heavy atom. The molecular formula is C16H30O. The molecule has 2 atom stereocenters. The Bertz CT molecular complexity index is 230. The SMILES string of the molecule is CC(C)C1CCCC(O)(CC2CCCC2)CC1. The summed E-state index contributed by atoms with van der Waals surface area (Å²) in [4.78, 5) is 0. The molecular weight excluding hydrogens is 208 g/mol. The van der Waals surface area contributed by atoms with Gasteiger partial charge in [-0.2, -0.15) is 0 Å². The van der Waals surface area contributed by atoms with Gasteiger partial charge in [0.05, 0.1) is 5.60 Å². The molecule has 0 radical (unpaired) electrons. The van der Waals surface area contributed by atoms with Crippen molar-refractivity contribution in [3.05, 3.63) is 0 Å². The van der Waals surface area contributed by atoms with Gasteiger partial charge in [-0.15, -0.1) is 0 Å². The van der Waals surface area contributed by atoms with Crippen LogP contribution in [0.4, 0.5) is 0 Å². The summed E-state index contributed by atoms with van der Waals surface area (Å²) in [6, 6.07) is 0. The number of rotatable bonds is 3. The van der Waals surface area contributed by atoms with E-state index in [-0.39, 0.29) is 5.60 Å². The van der Waals surface area contributed by atoms with Crippen LogP contribution in [-0.2, 0) is 0 Å². The molecule has 0 saturated heterocycles. The Morgan fingerprint density at radius 3 is 2.35 bits per heavy atom. The van der Waals surface area contributed by atoms with Crippen LogP contribution in [0.2, 0.25) is 0 Å². The minimum atomic E-state index is -0.307. The van der Waals surface area contributed by atoms with Crippen molar-refractivity contribution in [1.82, 2.24) is 0 Å². The van der Waals surface area contributed by atoms with Crippen molar-refractivity contribution in [2.75, 3.05) is 0 Å². The molecule has 2 saturated carbocycles. The first-order valence-electron chi connectivity index (χ1n) is 7.81. The van der Waals surface area contributed by atoms with E-state index in [1.165, 1.54) is 44.9 Å². The molecule has 0 bridgehead atoms. The van der Waals surface area contributed by atoms with Gasteiger partial charge < -0.3 is 5.11 Å². The fourth-order valence-corrected chi connectivity index (χ4v) is 4.04. The molecule has 2 rings (SSSR count). The van der Waals surface area contributed by atoms with Crippen LogP contribution in [0.1, 0.15) is 78.1 Å². The summed E-state index contributed by atoms with van der Waals surface area (Å²) in [6.45, 7) is 4.68. The predicted octanol–water partition coefficient (Wildman–Crippen LogP) is 4.53. The smallest absolute Gasteiger partial charge is 0.0650 e. The summed E-state index contributed by atoms with van der Waals surface area (Å²) in [5.41, 5.74) is -0.307. The highest BCUT2D eigenvalue weighted by Crippen LogP contribution is 2.40. The highest BCUT2D eigenvalue weighted by atomic mass is 16.3. The largest absolute Gasteiger partial charge is 0.390 e. The molecule has 100 valence electrons. The molecule has 2 fully saturated rings. The average Bonchev–Trinajstić information content (AvgIpc) is 2.67. The van der Waals surface area contributed by atoms with Gasteiger partial charge in [0.25, 0.3) is 0 Å². The maximum absolute atomic E-state index is 10.8. The van der Waals surface area contributed by atoms with Gasteiger partial charge >= 0.3 is 0 Å². The monoisotopic (exact) mass is 238 g/mol. The molecule has 2 aliphatic carbocycles. The van der Waals surface area contributed by atoms with Crippen LogP contribution in [0.5, 0.6) is 0 Å². The van der Waals surface area contributed by atoms with Crippen molar-refractivity contribution in [3.8, 4) is 0 Å². The number of aliphatic hydroxyl groups is 1. The molecule has 1 heteroatoms. The molecule has 0 aromatic rings. The third-order valence-corrected chi connectivity index (χ3v) is 5.28. The third-order valence-electron chi connectivity index (χ3n) is 5.28. The van der Waals surface area contributed by atoms with Crippen LogP contribution in [0.25, 0.3) is 0 Å². The molecule has 0 aromatic heterocycles. The van der Waals surface area contributed by atoms with Crippen molar-refractivity contribution < 1.29 is 5.11 Å². The second-order valence-corrected chi connectivity index (χ2v) is 7.01. The molecule has 1 nitrogen and oxygen atoms in total. The van der Waals surface area contributed by atoms with Gasteiger partial charge in [0.2, 0.25) is 0 Å². The summed E-state index contributed by atoms with van der Waals surface area (Å²) in [5.74, 6) is 2.48. The standard InChI is InChI=1S/C16H30O/c1-13(2)15-8-5-10-16(17,11-9-15)12-14-6-3-4-7-14/h13-15,17H,3-12H2,1-2H3. The van der Waals surface area contributed by atoms with E-state index in [4.69, 9.17) is 0 Å². The van der Waals surface area contributed by atoms with E-state index in [0.717, 1.165) is 37.0 Å². The molecule has 0 heterocycles. The van der Waals surface area contributed by atoms with E-state index in [2.05, 4.69) is 13.8 Å². The van der Waals surface area contributed by atoms with Crippen molar-refractivity contribution >= 4 is 0 Å². The summed E-state index contributed by atoms with van der Waals surface area (Å²) in [5, 5.41) is 10.8. The average molecular weight is 238 g/mol. The van der Waals surface area contributed by atoms with E-state index < -0.39 is 0 Å². The fourth-order valence-electron chi connectivity index (χ4n) is 4.04. The van der Waals surface area contributed by atoms with Crippen LogP contribution < -0.4 is 0 Å². The third kappa shape index (κ3) is 3.71. The Balaban J connectivity index is 1.87. The zero-order chi connectivity index (χ0) is 12.3. The first kappa shape index (κ1) is 13.4. The molecule has 2 aliphatic rings. The lowest BCUT2D eigenvalue weighted by Gasteiger charge is -2.30. The van der Waals surface area contributed by atoms with Gasteiger partial charge in [0.15, 0.2) is 0 Å². The molecule has 0 amide bonds. The van der Waals surface area contributed by atoms with Crippen LogP contribution in [0.3, 0.4) is 0 Å². The Labute approximate surface area is 107 Å². The van der Waals surface area contributed by atoms with Gasteiger partial charge in [0.1, 0.15) is 0 Å². The predicted molar refractivity (Wildman–Crippen MR) is 72.9 cm³/mol. The topological polar surface area (TPSA) is 20.2 Å². The lowest BCUT2D eigenvalue weighted by atomic mass is 9.83. The van der Waals surface area contributed by atoms with E-state index in [0.29, 0.717) is 0 Å². The summed E-state index contributed by atoms with van der Waals surface area (Å²) in [6.07, 6.45) is 12.6. The van der Waals surface area contributed by atoms with Gasteiger partial charge in [-0.25, -0.2) is 0 Å². The zero-order valence-corrected chi connectivity index (χ0v) is 11.8. The van der Waals surface area contributed by atoms with Crippen LogP contribution in [0.15, 0.2) is 0 Å². The number of hydrogen-bond acceptors (Lipinski definition) is 1. The lowest BCUT2D eigenvalue weighted by Crippen LogP contribution is -2.30. The number of hydrogen-bond donors (Lipinski definition) is 1. The van der Waals surface area contributed by atoms with Gasteiger partial charge in [0, 0.05) is 0 Å². The van der Waals surface area contributed by atoms with Gasteiger partial charge in [-0.3, -0.25) is 0 Å². The van der Waals surface area contributed by atoms with Crippen molar-refractivity contribution in [1.29, 1.82) is 0 Å². The van der Waals surface area contributed by atoms with E-state index in [1.54, 1.807) is 0 Å². The first-order valence-corrected chi connectivity index (χ1v) is 7.81. The quantitative estimate of drug-likeness (QED) is 0.716. The Hall–Kier alpha value is -0.0400. The first-order chi connectivity index (χ1) is 8.09. The maximum Gasteiger partial charge on any atom is 0.0650 e. The van der Waals surface area contributed by atoms with Crippen LogP contribution in [0, 0.1) is 17.8 Å². The second kappa shape index (κ2) is 5.73. The van der Waals surface area contributed by atoms with Crippen molar-refractivity contribution in [2.45, 2.75) is 83.7 Å². The van der Waals surface area contributed by atoms with Crippen LogP contribution in [-0.4, -0.2) is 10.7 Å². The van der Waals surface area contributed by atoms with Gasteiger partial charge in [-0.05, 0) is 43.4 Å². The highest BCUT2D eigenvalue weighted by Gasteiger charge is 2.34. The van der Waals surface area contributed by atoms with E-state index >= 15 is 0 Å². The zero-order valence-electron chi connectivity index (χ0n) is 11.8. The molecule has 17 heavy (non-hydrogen) atoms. The van der Waals surface area contributed by atoms with Crippen LogP contribution >= 0.6 is 0 Å². The fraction of sp³-hybridized carbons (Fsp3) is 1.00. The molecule has 1 N–H and O–H groups in total. The molecule has 2 unspecified atom stereocenters. The minimum absolute atomic E-state index is 0.307. The maximum atomic E-state index is 10.8. The minimum Gasteiger partial charge on any atom is -0.390 e. The Morgan fingerprint density at radius 2 is 1.71 bits per heavy atom. The van der Waals surface area contributed by atoms with E-state index in [1.807, 2.05) is 0 Å². The van der Waals surface area contributed by atoms with Gasteiger partial charge in [-0.1, -0.05) is 52.4 Å².